The van der Waals surface area contributed by atoms with Crippen molar-refractivity contribution in [2.24, 2.45) is 0 Å². The summed E-state index contributed by atoms with van der Waals surface area (Å²) >= 11 is 0. The molecule has 0 radical (unpaired) electrons. The van der Waals surface area contributed by atoms with Crippen LogP contribution in [0.1, 0.15) is 26.0 Å². The second-order valence-electron chi connectivity index (χ2n) is 7.77. The number of carboxylic acids is 2. The second kappa shape index (κ2) is 8.64. The number of nitrogens with zero attached hydrogens (tertiary/aromatic N) is 5. The Morgan fingerprint density at radius 1 is 1.25 bits per heavy atom. The third-order valence-electron chi connectivity index (χ3n) is 5.15. The number of hydrogen-bond acceptors (Lipinski definition) is 10. The summed E-state index contributed by atoms with van der Waals surface area (Å²) < 4.78 is 7.09. The fourth-order valence-electron chi connectivity index (χ4n) is 3.90. The largest absolute Gasteiger partial charge is 0.481 e. The third kappa shape index (κ3) is 4.19. The smallest absolute Gasteiger partial charge is 0.306 e. The van der Waals surface area contributed by atoms with Gasteiger partial charge in [-0.3, -0.25) is 19.0 Å². The first-order valence-corrected chi connectivity index (χ1v) is 9.57. The molecule has 2 aromatic heterocycles. The molecule has 32 heavy (non-hydrogen) atoms. The molecule has 2 aromatic rings. The Labute approximate surface area is 181 Å². The van der Waals surface area contributed by atoms with Gasteiger partial charge in [-0.25, -0.2) is 15.0 Å². The number of imidazole rings is 1. The predicted molar refractivity (Wildman–Crippen MR) is 107 cm³/mol. The maximum absolute atomic E-state index is 11.8. The number of fused-ring (bicyclic) bond motifs is 1. The van der Waals surface area contributed by atoms with Crippen molar-refractivity contribution in [2.45, 2.75) is 49.8 Å². The zero-order chi connectivity index (χ0) is 23.8. The highest BCUT2D eigenvalue weighted by molar-refractivity contribution is 5.83. The van der Waals surface area contributed by atoms with Gasteiger partial charge < -0.3 is 35.4 Å². The number of nitrogens with one attached hydrogen (secondary N) is 1. The number of amides is 1. The summed E-state index contributed by atoms with van der Waals surface area (Å²) in [6, 6.07) is -1.44. The molecule has 14 nitrogen and oxygen atoms in total. The van der Waals surface area contributed by atoms with E-state index in [2.05, 4.69) is 20.3 Å². The molecule has 174 valence electrons. The van der Waals surface area contributed by atoms with E-state index in [1.165, 1.54) is 17.2 Å². The number of aliphatic carboxylic acids is 2. The normalized spacial score (nSPS) is 26.1. The Hall–Kier alpha value is -3.36. The standard InChI is InChI=1S/C18H24N6O8/c1-8(25)22-14-13(9(26)4-10(27)28)32-17(18(14,31)5-11(29)30)24-7-21-12-15(23(2)3)19-6-20-16(12)24/h6-7,9,13-14,17,26,31H,4-5H2,1-3H3,(H,22,25)(H,27,28)(H,29,30). The highest BCUT2D eigenvalue weighted by atomic mass is 16.6. The molecule has 3 heterocycles. The third-order valence-corrected chi connectivity index (χ3v) is 5.15. The highest BCUT2D eigenvalue weighted by Crippen LogP contribution is 2.43. The topological polar surface area (TPSA) is 200 Å². The van der Waals surface area contributed by atoms with Crippen molar-refractivity contribution in [3.63, 3.8) is 0 Å². The van der Waals surface area contributed by atoms with Gasteiger partial charge in [-0.1, -0.05) is 0 Å². The van der Waals surface area contributed by atoms with Crippen molar-refractivity contribution in [2.75, 3.05) is 19.0 Å². The van der Waals surface area contributed by atoms with Gasteiger partial charge in [0.15, 0.2) is 23.2 Å². The molecular formula is C18H24N6O8. The van der Waals surface area contributed by atoms with Crippen molar-refractivity contribution in [3.05, 3.63) is 12.7 Å². The SMILES string of the molecule is CC(=O)NC1C(C(O)CC(=O)O)OC(n2cnc3c(N(C)C)ncnc32)C1(O)CC(=O)O. The number of rotatable bonds is 8. The average molecular weight is 452 g/mol. The van der Waals surface area contributed by atoms with E-state index in [0.717, 1.165) is 6.92 Å². The zero-order valence-corrected chi connectivity index (χ0v) is 17.5. The Morgan fingerprint density at radius 3 is 2.50 bits per heavy atom. The van der Waals surface area contributed by atoms with Crippen LogP contribution in [0.2, 0.25) is 0 Å². The molecule has 0 bridgehead atoms. The monoisotopic (exact) mass is 452 g/mol. The fraction of sp³-hybridized carbons (Fsp3) is 0.556. The first-order valence-electron chi connectivity index (χ1n) is 9.57. The van der Waals surface area contributed by atoms with Crippen LogP contribution >= 0.6 is 0 Å². The Kier molecular flexibility index (Phi) is 6.29. The van der Waals surface area contributed by atoms with E-state index < -0.39 is 60.8 Å². The second-order valence-corrected chi connectivity index (χ2v) is 7.77. The summed E-state index contributed by atoms with van der Waals surface area (Å²) in [7, 11) is 3.47. The van der Waals surface area contributed by atoms with Gasteiger partial charge in [-0.15, -0.1) is 0 Å². The summed E-state index contributed by atoms with van der Waals surface area (Å²) in [5.74, 6) is -2.93. The van der Waals surface area contributed by atoms with Gasteiger partial charge in [-0.2, -0.15) is 0 Å². The first kappa shape index (κ1) is 23.3. The summed E-state index contributed by atoms with van der Waals surface area (Å²) in [5, 5.41) is 42.9. The molecule has 1 fully saturated rings. The summed E-state index contributed by atoms with van der Waals surface area (Å²) in [6.07, 6.45) is -3.69. The molecule has 5 atom stereocenters. The lowest BCUT2D eigenvalue weighted by atomic mass is 9.85. The van der Waals surface area contributed by atoms with Crippen LogP contribution < -0.4 is 10.2 Å². The molecule has 0 saturated carbocycles. The molecule has 3 rings (SSSR count). The van der Waals surface area contributed by atoms with E-state index in [9.17, 15) is 29.7 Å². The van der Waals surface area contributed by atoms with Crippen LogP contribution in [0.4, 0.5) is 5.82 Å². The average Bonchev–Trinajstić information content (AvgIpc) is 3.19. The molecule has 1 aliphatic heterocycles. The zero-order valence-electron chi connectivity index (χ0n) is 17.5. The van der Waals surface area contributed by atoms with E-state index >= 15 is 0 Å². The quantitative estimate of drug-likeness (QED) is 0.305. The van der Waals surface area contributed by atoms with Crippen LogP contribution in [0, 0.1) is 0 Å². The molecular weight excluding hydrogens is 428 g/mol. The summed E-state index contributed by atoms with van der Waals surface area (Å²) in [5.41, 5.74) is -1.74. The van der Waals surface area contributed by atoms with Crippen LogP contribution in [0.5, 0.6) is 0 Å². The van der Waals surface area contributed by atoms with Gasteiger partial charge in [0.2, 0.25) is 5.91 Å². The maximum Gasteiger partial charge on any atom is 0.306 e. The number of anilines is 1. The molecule has 5 N–H and O–H groups in total. The number of carboxylic acid groups (broad SMARTS) is 2. The fourth-order valence-corrected chi connectivity index (χ4v) is 3.90. The highest BCUT2D eigenvalue weighted by Gasteiger charge is 2.60. The van der Waals surface area contributed by atoms with Crippen LogP contribution in [0.25, 0.3) is 11.2 Å². The number of aromatic nitrogens is 4. The molecule has 14 heteroatoms. The Morgan fingerprint density at radius 2 is 1.94 bits per heavy atom. The van der Waals surface area contributed by atoms with Crippen LogP contribution in [-0.2, 0) is 19.1 Å². The van der Waals surface area contributed by atoms with Crippen molar-refractivity contribution in [3.8, 4) is 0 Å². The molecule has 1 aliphatic rings. The minimum absolute atomic E-state index is 0.201. The van der Waals surface area contributed by atoms with Crippen molar-refractivity contribution in [1.29, 1.82) is 0 Å². The van der Waals surface area contributed by atoms with Crippen LogP contribution in [0.15, 0.2) is 12.7 Å². The molecule has 1 amide bonds. The van der Waals surface area contributed by atoms with E-state index in [0.29, 0.717) is 11.3 Å². The van der Waals surface area contributed by atoms with E-state index in [1.807, 2.05) is 0 Å². The van der Waals surface area contributed by atoms with Crippen molar-refractivity contribution < 1.29 is 39.5 Å². The van der Waals surface area contributed by atoms with Crippen LogP contribution in [0.3, 0.4) is 0 Å². The molecule has 0 spiro atoms. The Balaban J connectivity index is 2.15. The lowest BCUT2D eigenvalue weighted by molar-refractivity contribution is -0.152. The number of aliphatic hydroxyl groups excluding tert-OH is 1. The maximum atomic E-state index is 11.8. The van der Waals surface area contributed by atoms with Crippen molar-refractivity contribution >= 4 is 34.8 Å². The van der Waals surface area contributed by atoms with E-state index in [-0.39, 0.29) is 5.65 Å². The number of aliphatic hydroxyl groups is 2. The number of hydrogen-bond donors (Lipinski definition) is 5. The van der Waals surface area contributed by atoms with E-state index in [4.69, 9.17) is 9.84 Å². The van der Waals surface area contributed by atoms with Crippen molar-refractivity contribution in [1.82, 2.24) is 24.8 Å². The first-order chi connectivity index (χ1) is 15.0. The van der Waals surface area contributed by atoms with Crippen LogP contribution in [-0.4, -0.2) is 95.7 Å². The molecule has 0 aliphatic carbocycles. The number of carbonyl (C=O) groups is 3. The van der Waals surface area contributed by atoms with E-state index in [1.54, 1.807) is 19.0 Å². The Bertz CT molecular complexity index is 1040. The van der Waals surface area contributed by atoms with Gasteiger partial charge in [0.05, 0.1) is 31.3 Å². The van der Waals surface area contributed by atoms with Gasteiger partial charge in [0, 0.05) is 21.0 Å². The lowest BCUT2D eigenvalue weighted by Gasteiger charge is -2.33. The van der Waals surface area contributed by atoms with Gasteiger partial charge in [0.25, 0.3) is 0 Å². The molecule has 5 unspecified atom stereocenters. The number of carbonyl (C=O) groups excluding carboxylic acids is 1. The summed E-state index contributed by atoms with van der Waals surface area (Å²) in [4.78, 5) is 48.8. The van der Waals surface area contributed by atoms with Gasteiger partial charge in [-0.05, 0) is 0 Å². The number of ether oxygens (including phenoxy) is 1. The lowest BCUT2D eigenvalue weighted by Crippen LogP contribution is -2.58. The summed E-state index contributed by atoms with van der Waals surface area (Å²) in [6.45, 7) is 1.14. The minimum Gasteiger partial charge on any atom is -0.481 e. The molecule has 1 saturated heterocycles. The van der Waals surface area contributed by atoms with Gasteiger partial charge >= 0.3 is 11.9 Å². The minimum atomic E-state index is -2.28. The molecule has 0 aromatic carbocycles. The predicted octanol–water partition coefficient (Wildman–Crippen LogP) is -1.66. The van der Waals surface area contributed by atoms with Gasteiger partial charge in [0.1, 0.15) is 18.0 Å².